The van der Waals surface area contributed by atoms with Crippen molar-refractivity contribution in [1.82, 2.24) is 19.8 Å². The van der Waals surface area contributed by atoms with Crippen molar-refractivity contribution in [1.29, 1.82) is 0 Å². The van der Waals surface area contributed by atoms with Crippen molar-refractivity contribution in [2.75, 3.05) is 26.7 Å². The Kier molecular flexibility index (Phi) is 6.49. The van der Waals surface area contributed by atoms with E-state index < -0.39 is 6.09 Å². The van der Waals surface area contributed by atoms with Gasteiger partial charge in [-0.25, -0.2) is 4.79 Å². The van der Waals surface area contributed by atoms with Crippen molar-refractivity contribution < 1.29 is 14.7 Å². The van der Waals surface area contributed by atoms with E-state index in [0.29, 0.717) is 30.8 Å². The molecular formula is C29H36N4O3. The molecule has 2 aliphatic rings. The van der Waals surface area contributed by atoms with Gasteiger partial charge in [0.2, 0.25) is 5.91 Å². The zero-order valence-electron chi connectivity index (χ0n) is 21.7. The number of hydrogen-bond donors (Lipinski definition) is 2. The first-order chi connectivity index (χ1) is 17.2. The topological polar surface area (TPSA) is 89.5 Å². The average Bonchev–Trinajstić information content (AvgIpc) is 3.63. The second kappa shape index (κ2) is 9.60. The summed E-state index contributed by atoms with van der Waals surface area (Å²) in [6, 6.07) is 11.2. The van der Waals surface area contributed by atoms with Crippen LogP contribution in [0.3, 0.4) is 0 Å². The lowest BCUT2D eigenvalue weighted by Crippen LogP contribution is -2.44. The Hall–Kier alpha value is -3.35. The third-order valence-corrected chi connectivity index (χ3v) is 7.72. The number of H-pyrrole nitrogens is 1. The Morgan fingerprint density at radius 2 is 1.83 bits per heavy atom. The van der Waals surface area contributed by atoms with Crippen LogP contribution in [0.15, 0.2) is 30.3 Å². The molecule has 1 saturated carbocycles. The highest BCUT2D eigenvalue weighted by atomic mass is 16.4. The molecule has 1 aliphatic heterocycles. The average molecular weight is 489 g/mol. The maximum absolute atomic E-state index is 12.5. The van der Waals surface area contributed by atoms with E-state index in [9.17, 15) is 9.59 Å². The Balaban J connectivity index is 1.39. The Morgan fingerprint density at radius 1 is 1.11 bits per heavy atom. The predicted molar refractivity (Wildman–Crippen MR) is 142 cm³/mol. The first kappa shape index (κ1) is 24.3. The van der Waals surface area contributed by atoms with E-state index in [0.717, 1.165) is 29.0 Å². The lowest BCUT2D eigenvalue weighted by atomic mass is 9.87. The number of aryl methyl sites for hydroxylation is 1. The molecule has 0 unspecified atom stereocenters. The summed E-state index contributed by atoms with van der Waals surface area (Å²) >= 11 is 0. The first-order valence-electron chi connectivity index (χ1n) is 13.1. The molecule has 190 valence electrons. The summed E-state index contributed by atoms with van der Waals surface area (Å²) in [5.41, 5.74) is 8.53. The Labute approximate surface area is 212 Å². The fourth-order valence-electron chi connectivity index (χ4n) is 5.57. The van der Waals surface area contributed by atoms with Gasteiger partial charge in [-0.05, 0) is 79.8 Å². The van der Waals surface area contributed by atoms with Gasteiger partial charge in [-0.1, -0.05) is 19.9 Å². The SMILES string of the molecule is Cc1cc(-c2[nH]c3ccc(C4CCN(C(=O)CN(C)C(=O)O)CC4)cc3c2C(C)C)cc(C2CC2)n1. The van der Waals surface area contributed by atoms with Gasteiger partial charge in [-0.15, -0.1) is 0 Å². The summed E-state index contributed by atoms with van der Waals surface area (Å²) in [6.45, 7) is 7.82. The smallest absolute Gasteiger partial charge is 0.407 e. The van der Waals surface area contributed by atoms with Crippen molar-refractivity contribution in [3.05, 3.63) is 52.8 Å². The minimum atomic E-state index is -1.08. The number of carboxylic acid groups (broad SMARTS) is 1. The number of aromatic amines is 1. The van der Waals surface area contributed by atoms with Crippen molar-refractivity contribution in [3.63, 3.8) is 0 Å². The predicted octanol–water partition coefficient (Wildman–Crippen LogP) is 5.85. The number of aromatic nitrogens is 2. The summed E-state index contributed by atoms with van der Waals surface area (Å²) in [4.78, 5) is 34.9. The molecule has 7 heteroatoms. The molecule has 2 amide bonds. The number of likely N-dealkylation sites (N-methyl/N-ethyl adjacent to an activating group) is 1. The van der Waals surface area contributed by atoms with Crippen LogP contribution in [-0.2, 0) is 4.79 Å². The highest BCUT2D eigenvalue weighted by molar-refractivity contribution is 5.92. The summed E-state index contributed by atoms with van der Waals surface area (Å²) < 4.78 is 0. The fraction of sp³-hybridized carbons (Fsp3) is 0.483. The van der Waals surface area contributed by atoms with Crippen LogP contribution in [0.1, 0.15) is 79.8 Å². The van der Waals surface area contributed by atoms with Crippen LogP contribution < -0.4 is 0 Å². The maximum atomic E-state index is 12.5. The lowest BCUT2D eigenvalue weighted by Gasteiger charge is -2.33. The summed E-state index contributed by atoms with van der Waals surface area (Å²) in [5, 5.41) is 10.3. The molecular weight excluding hydrogens is 452 g/mol. The van der Waals surface area contributed by atoms with E-state index in [4.69, 9.17) is 10.1 Å². The van der Waals surface area contributed by atoms with E-state index in [-0.39, 0.29) is 12.5 Å². The van der Waals surface area contributed by atoms with Crippen LogP contribution in [0.25, 0.3) is 22.2 Å². The number of nitrogens with one attached hydrogen (secondary N) is 1. The molecule has 7 nitrogen and oxygen atoms in total. The summed E-state index contributed by atoms with van der Waals surface area (Å²) in [7, 11) is 1.43. The van der Waals surface area contributed by atoms with E-state index >= 15 is 0 Å². The van der Waals surface area contributed by atoms with Crippen LogP contribution in [0, 0.1) is 6.92 Å². The fourth-order valence-corrected chi connectivity index (χ4v) is 5.57. The standard InChI is InChI=1S/C29H36N4O3/c1-17(2)27-23-14-21(19-9-11-33(12-10-19)26(34)16-32(4)29(35)36)7-8-24(23)31-28(27)22-13-18(3)30-25(15-22)20-5-6-20/h7-8,13-15,17,19-20,31H,5-6,9-12,16H2,1-4H3,(H,35,36). The van der Waals surface area contributed by atoms with Gasteiger partial charge in [-0.3, -0.25) is 9.78 Å². The molecule has 2 fully saturated rings. The molecule has 0 bridgehead atoms. The number of carbonyl (C=O) groups excluding carboxylic acids is 1. The number of nitrogens with zero attached hydrogens (tertiary/aromatic N) is 3. The van der Waals surface area contributed by atoms with E-state index in [2.05, 4.69) is 56.1 Å². The summed E-state index contributed by atoms with van der Waals surface area (Å²) in [5.74, 6) is 1.25. The zero-order valence-corrected chi connectivity index (χ0v) is 21.7. The number of benzene rings is 1. The van der Waals surface area contributed by atoms with Gasteiger partial charge >= 0.3 is 6.09 Å². The van der Waals surface area contributed by atoms with Crippen LogP contribution in [0.2, 0.25) is 0 Å². The minimum absolute atomic E-state index is 0.0905. The monoisotopic (exact) mass is 488 g/mol. The van der Waals surface area contributed by atoms with Crippen LogP contribution in [0.5, 0.6) is 0 Å². The molecule has 0 atom stereocenters. The Bertz CT molecular complexity index is 1300. The molecule has 5 rings (SSSR count). The third kappa shape index (κ3) is 4.84. The molecule has 1 aliphatic carbocycles. The van der Waals surface area contributed by atoms with Crippen molar-refractivity contribution in [2.24, 2.45) is 0 Å². The number of hydrogen-bond acceptors (Lipinski definition) is 3. The number of carbonyl (C=O) groups is 2. The minimum Gasteiger partial charge on any atom is -0.465 e. The number of piperidine rings is 1. The molecule has 3 aromatic rings. The second-order valence-corrected chi connectivity index (χ2v) is 10.9. The molecule has 0 radical (unpaired) electrons. The van der Waals surface area contributed by atoms with E-state index in [1.807, 2.05) is 0 Å². The van der Waals surface area contributed by atoms with E-state index in [1.165, 1.54) is 53.4 Å². The number of rotatable bonds is 6. The maximum Gasteiger partial charge on any atom is 0.407 e. The van der Waals surface area contributed by atoms with Gasteiger partial charge in [0.1, 0.15) is 6.54 Å². The number of likely N-dealkylation sites (tertiary alicyclic amines) is 1. The molecule has 1 aromatic carbocycles. The van der Waals surface area contributed by atoms with Crippen LogP contribution >= 0.6 is 0 Å². The molecule has 2 aromatic heterocycles. The summed E-state index contributed by atoms with van der Waals surface area (Å²) in [6.07, 6.45) is 3.17. The molecule has 1 saturated heterocycles. The van der Waals surface area contributed by atoms with E-state index in [1.54, 1.807) is 4.90 Å². The largest absolute Gasteiger partial charge is 0.465 e. The quantitative estimate of drug-likeness (QED) is 0.455. The van der Waals surface area contributed by atoms with Gasteiger partial charge < -0.3 is 19.9 Å². The third-order valence-electron chi connectivity index (χ3n) is 7.72. The highest BCUT2D eigenvalue weighted by Gasteiger charge is 2.28. The second-order valence-electron chi connectivity index (χ2n) is 10.9. The van der Waals surface area contributed by atoms with Crippen LogP contribution in [0.4, 0.5) is 4.79 Å². The molecule has 2 N–H and O–H groups in total. The highest BCUT2D eigenvalue weighted by Crippen LogP contribution is 2.42. The van der Waals surface area contributed by atoms with Gasteiger partial charge in [0.25, 0.3) is 0 Å². The first-order valence-corrected chi connectivity index (χ1v) is 13.1. The number of fused-ring (bicyclic) bond motifs is 1. The van der Waals surface area contributed by atoms with Gasteiger partial charge in [-0.2, -0.15) is 0 Å². The molecule has 0 spiro atoms. The Morgan fingerprint density at radius 3 is 2.47 bits per heavy atom. The van der Waals surface area contributed by atoms with Gasteiger partial charge in [0, 0.05) is 53.9 Å². The number of pyridine rings is 1. The van der Waals surface area contributed by atoms with Gasteiger partial charge in [0.15, 0.2) is 0 Å². The lowest BCUT2D eigenvalue weighted by molar-refractivity contribution is -0.132. The molecule has 3 heterocycles. The van der Waals surface area contributed by atoms with Crippen molar-refractivity contribution in [3.8, 4) is 11.3 Å². The number of amides is 2. The molecule has 36 heavy (non-hydrogen) atoms. The van der Waals surface area contributed by atoms with Gasteiger partial charge in [0.05, 0.1) is 5.69 Å². The van der Waals surface area contributed by atoms with Crippen molar-refractivity contribution >= 4 is 22.9 Å². The van der Waals surface area contributed by atoms with Crippen LogP contribution in [-0.4, -0.2) is 63.6 Å². The normalized spacial score (nSPS) is 16.6. The zero-order chi connectivity index (χ0) is 25.6. The van der Waals surface area contributed by atoms with Crippen molar-refractivity contribution in [2.45, 2.75) is 64.2 Å².